The van der Waals surface area contributed by atoms with Crippen molar-refractivity contribution in [1.29, 1.82) is 0 Å². The average Bonchev–Trinajstić information content (AvgIpc) is 2.75. The smallest absolute Gasteiger partial charge is 0.255 e. The molecule has 0 heterocycles. The molecule has 2 N–H and O–H groups in total. The minimum Gasteiger partial charge on any atom is -0.495 e. The number of methoxy groups -OCH3 is 1. The number of benzene rings is 2. The molecule has 0 bridgehead atoms. The van der Waals surface area contributed by atoms with Crippen LogP contribution in [0.4, 0.5) is 5.69 Å². The van der Waals surface area contributed by atoms with Gasteiger partial charge in [-0.05, 0) is 60.6 Å². The first-order valence-electron chi connectivity index (χ1n) is 10.8. The standard InChI is InChI=1S/C24H32N2O4S/c1-16(2)18-9-12-20(13-10-18)25-24(27)19-11-14-22(30-4)23(15-19)31(28,29)26-21-8-6-5-7-17(21)3/h9-17,21,26H,5-8H2,1-4H3,(H,25,27)/t17-,21+/m0/s1. The predicted octanol–water partition coefficient (Wildman–Crippen LogP) is 4.93. The number of amides is 1. The van der Waals surface area contributed by atoms with E-state index in [9.17, 15) is 13.2 Å². The van der Waals surface area contributed by atoms with Gasteiger partial charge < -0.3 is 10.1 Å². The van der Waals surface area contributed by atoms with Gasteiger partial charge in [0.2, 0.25) is 10.0 Å². The number of ether oxygens (including phenoxy) is 1. The normalized spacial score (nSPS) is 19.3. The molecule has 1 aliphatic carbocycles. The molecule has 0 unspecified atom stereocenters. The minimum absolute atomic E-state index is 0.0180. The number of hydrogen-bond acceptors (Lipinski definition) is 4. The van der Waals surface area contributed by atoms with Crippen LogP contribution in [0.1, 0.15) is 68.3 Å². The lowest BCUT2D eigenvalue weighted by Gasteiger charge is -2.29. The largest absolute Gasteiger partial charge is 0.495 e. The Morgan fingerprint density at radius 2 is 1.74 bits per heavy atom. The van der Waals surface area contributed by atoms with Crippen LogP contribution in [0, 0.1) is 5.92 Å². The van der Waals surface area contributed by atoms with Crippen LogP contribution in [0.2, 0.25) is 0 Å². The fourth-order valence-electron chi connectivity index (χ4n) is 3.94. The van der Waals surface area contributed by atoms with E-state index in [1.807, 2.05) is 24.3 Å². The quantitative estimate of drug-likeness (QED) is 0.634. The fraction of sp³-hybridized carbons (Fsp3) is 0.458. The summed E-state index contributed by atoms with van der Waals surface area (Å²) in [5, 5.41) is 2.83. The van der Waals surface area contributed by atoms with Crippen LogP contribution >= 0.6 is 0 Å². The van der Waals surface area contributed by atoms with Crippen molar-refractivity contribution in [1.82, 2.24) is 4.72 Å². The molecular weight excluding hydrogens is 412 g/mol. The lowest BCUT2D eigenvalue weighted by Crippen LogP contribution is -2.41. The second-order valence-electron chi connectivity index (χ2n) is 8.59. The number of anilines is 1. The van der Waals surface area contributed by atoms with E-state index >= 15 is 0 Å². The summed E-state index contributed by atoms with van der Waals surface area (Å²) in [4.78, 5) is 12.8. The van der Waals surface area contributed by atoms with E-state index in [0.29, 0.717) is 11.6 Å². The molecule has 2 aromatic rings. The molecule has 2 aromatic carbocycles. The first kappa shape index (κ1) is 23.3. The van der Waals surface area contributed by atoms with Crippen molar-refractivity contribution < 1.29 is 17.9 Å². The number of hydrogen-bond donors (Lipinski definition) is 2. The van der Waals surface area contributed by atoms with Gasteiger partial charge in [0.05, 0.1) is 7.11 Å². The highest BCUT2D eigenvalue weighted by Crippen LogP contribution is 2.29. The molecule has 0 saturated heterocycles. The van der Waals surface area contributed by atoms with Crippen molar-refractivity contribution in [3.05, 3.63) is 53.6 Å². The second-order valence-corrected chi connectivity index (χ2v) is 10.3. The number of sulfonamides is 1. The summed E-state index contributed by atoms with van der Waals surface area (Å²) >= 11 is 0. The molecule has 31 heavy (non-hydrogen) atoms. The molecule has 1 saturated carbocycles. The second kappa shape index (κ2) is 9.83. The van der Waals surface area contributed by atoms with E-state index in [4.69, 9.17) is 4.74 Å². The van der Waals surface area contributed by atoms with Crippen LogP contribution in [0.25, 0.3) is 0 Å². The Bertz CT molecular complexity index is 1020. The molecule has 6 nitrogen and oxygen atoms in total. The van der Waals surface area contributed by atoms with Crippen molar-refractivity contribution in [2.24, 2.45) is 5.92 Å². The molecule has 0 spiro atoms. The van der Waals surface area contributed by atoms with Crippen LogP contribution in [0.15, 0.2) is 47.4 Å². The van der Waals surface area contributed by atoms with Gasteiger partial charge in [0, 0.05) is 17.3 Å². The SMILES string of the molecule is COc1ccc(C(=O)Nc2ccc(C(C)C)cc2)cc1S(=O)(=O)N[C@@H]1CCCC[C@@H]1C. The third-order valence-electron chi connectivity index (χ3n) is 5.97. The molecule has 7 heteroatoms. The van der Waals surface area contributed by atoms with Crippen LogP contribution < -0.4 is 14.8 Å². The van der Waals surface area contributed by atoms with Gasteiger partial charge in [0.15, 0.2) is 0 Å². The Kier molecular flexibility index (Phi) is 7.38. The number of nitrogens with one attached hydrogen (secondary N) is 2. The van der Waals surface area contributed by atoms with Crippen molar-refractivity contribution in [2.75, 3.05) is 12.4 Å². The van der Waals surface area contributed by atoms with E-state index in [-0.39, 0.29) is 34.1 Å². The molecule has 1 fully saturated rings. The molecule has 0 radical (unpaired) electrons. The predicted molar refractivity (Wildman–Crippen MR) is 123 cm³/mol. The summed E-state index contributed by atoms with van der Waals surface area (Å²) in [6, 6.07) is 12.0. The Labute approximate surface area is 185 Å². The van der Waals surface area contributed by atoms with E-state index in [1.165, 1.54) is 24.8 Å². The Morgan fingerprint density at radius 1 is 1.06 bits per heavy atom. The van der Waals surface area contributed by atoms with Gasteiger partial charge in [-0.25, -0.2) is 13.1 Å². The zero-order valence-electron chi connectivity index (χ0n) is 18.6. The Hall–Kier alpha value is -2.38. The highest BCUT2D eigenvalue weighted by atomic mass is 32.2. The van der Waals surface area contributed by atoms with E-state index in [2.05, 4.69) is 30.8 Å². The zero-order valence-corrected chi connectivity index (χ0v) is 19.5. The van der Waals surface area contributed by atoms with E-state index in [0.717, 1.165) is 25.7 Å². The molecule has 0 aliphatic heterocycles. The van der Waals surface area contributed by atoms with Gasteiger partial charge in [0.1, 0.15) is 10.6 Å². The molecule has 1 aliphatic rings. The van der Waals surface area contributed by atoms with Gasteiger partial charge in [-0.15, -0.1) is 0 Å². The van der Waals surface area contributed by atoms with E-state index in [1.54, 1.807) is 6.07 Å². The Balaban J connectivity index is 1.82. The van der Waals surface area contributed by atoms with Gasteiger partial charge in [-0.2, -0.15) is 0 Å². The highest BCUT2D eigenvalue weighted by molar-refractivity contribution is 7.89. The Morgan fingerprint density at radius 3 is 2.35 bits per heavy atom. The maximum absolute atomic E-state index is 13.1. The van der Waals surface area contributed by atoms with Gasteiger partial charge >= 0.3 is 0 Å². The third-order valence-corrected chi connectivity index (χ3v) is 7.48. The third kappa shape index (κ3) is 5.66. The summed E-state index contributed by atoms with van der Waals surface area (Å²) in [6.07, 6.45) is 3.95. The number of carbonyl (C=O) groups excluding carboxylic acids is 1. The summed E-state index contributed by atoms with van der Waals surface area (Å²) in [5.74, 6) is 0.518. The van der Waals surface area contributed by atoms with Crippen LogP contribution in [-0.2, 0) is 10.0 Å². The summed E-state index contributed by atoms with van der Waals surface area (Å²) < 4.78 is 34.4. The molecule has 0 aromatic heterocycles. The molecule has 168 valence electrons. The first-order valence-corrected chi connectivity index (χ1v) is 12.3. The minimum atomic E-state index is -3.83. The summed E-state index contributed by atoms with van der Waals surface area (Å²) in [5.41, 5.74) is 2.09. The lowest BCUT2D eigenvalue weighted by atomic mass is 9.87. The van der Waals surface area contributed by atoms with Crippen molar-refractivity contribution in [2.45, 2.75) is 63.3 Å². The van der Waals surface area contributed by atoms with Crippen LogP contribution in [-0.4, -0.2) is 27.5 Å². The van der Waals surface area contributed by atoms with Gasteiger partial charge in [0.25, 0.3) is 5.91 Å². The number of rotatable bonds is 7. The van der Waals surface area contributed by atoms with Crippen molar-refractivity contribution >= 4 is 21.6 Å². The first-order chi connectivity index (χ1) is 14.7. The molecule has 2 atom stereocenters. The van der Waals surface area contributed by atoms with Gasteiger partial charge in [-0.3, -0.25) is 4.79 Å². The van der Waals surface area contributed by atoms with Crippen molar-refractivity contribution in [3.63, 3.8) is 0 Å². The fourth-order valence-corrected chi connectivity index (χ4v) is 5.51. The lowest BCUT2D eigenvalue weighted by molar-refractivity contribution is 0.102. The zero-order chi connectivity index (χ0) is 22.6. The van der Waals surface area contributed by atoms with Gasteiger partial charge in [-0.1, -0.05) is 45.7 Å². The maximum Gasteiger partial charge on any atom is 0.255 e. The monoisotopic (exact) mass is 444 g/mol. The average molecular weight is 445 g/mol. The van der Waals surface area contributed by atoms with E-state index < -0.39 is 10.0 Å². The molecule has 1 amide bonds. The molecule has 3 rings (SSSR count). The van der Waals surface area contributed by atoms with Crippen molar-refractivity contribution in [3.8, 4) is 5.75 Å². The maximum atomic E-state index is 13.1. The summed E-state index contributed by atoms with van der Waals surface area (Å²) in [7, 11) is -2.41. The topological polar surface area (TPSA) is 84.5 Å². The van der Waals surface area contributed by atoms with Crippen LogP contribution in [0.3, 0.4) is 0 Å². The number of carbonyl (C=O) groups is 1. The highest BCUT2D eigenvalue weighted by Gasteiger charge is 2.29. The van der Waals surface area contributed by atoms with Crippen LogP contribution in [0.5, 0.6) is 5.75 Å². The molecular formula is C24H32N2O4S. The summed E-state index contributed by atoms with van der Waals surface area (Å²) in [6.45, 7) is 6.28.